The van der Waals surface area contributed by atoms with Crippen LogP contribution in [0.3, 0.4) is 0 Å². The topological polar surface area (TPSA) is 111 Å². The average Bonchev–Trinajstić information content (AvgIpc) is 2.80. The van der Waals surface area contributed by atoms with Crippen LogP contribution in [-0.2, 0) is 32.7 Å². The number of allylic oxidation sites excluding steroid dienone is 2. The lowest BCUT2D eigenvalue weighted by molar-refractivity contribution is -0.870. The third kappa shape index (κ3) is 28.7. The zero-order chi connectivity index (χ0) is 28.8. The van der Waals surface area contributed by atoms with E-state index in [2.05, 4.69) is 19.1 Å². The molecule has 0 fully saturated rings. The lowest BCUT2D eigenvalue weighted by atomic mass is 10.1. The van der Waals surface area contributed by atoms with E-state index in [0.717, 1.165) is 31.9 Å². The summed E-state index contributed by atoms with van der Waals surface area (Å²) >= 11 is 0. The van der Waals surface area contributed by atoms with Crippen LogP contribution < -0.4 is 4.89 Å². The summed E-state index contributed by atoms with van der Waals surface area (Å²) in [6, 6.07) is 0. The molecule has 0 radical (unpaired) electrons. The molecule has 9 nitrogen and oxygen atoms in total. The molecule has 0 bridgehead atoms. The number of likely N-dealkylation sites (N-methyl/N-ethyl adjacent to an activating group) is 1. The van der Waals surface area contributed by atoms with Gasteiger partial charge < -0.3 is 23.2 Å². The van der Waals surface area contributed by atoms with Crippen molar-refractivity contribution in [2.75, 3.05) is 60.4 Å². The third-order valence-corrected chi connectivity index (χ3v) is 7.43. The van der Waals surface area contributed by atoms with Crippen LogP contribution in [0.5, 0.6) is 0 Å². The summed E-state index contributed by atoms with van der Waals surface area (Å²) in [5, 5.41) is 0. The highest BCUT2D eigenvalue weighted by Crippen LogP contribution is 2.38. The Morgan fingerprint density at radius 3 is 1.84 bits per heavy atom. The van der Waals surface area contributed by atoms with Crippen LogP contribution in [0.2, 0.25) is 0 Å². The monoisotopic (exact) mass is 585 g/mol. The van der Waals surface area contributed by atoms with Gasteiger partial charge >= 0.3 is 0 Å². The lowest BCUT2D eigenvalue weighted by Gasteiger charge is -2.28. The summed E-state index contributed by atoms with van der Waals surface area (Å²) in [6.45, 7) is 2.55. The molecule has 0 aliphatic heterocycles. The van der Waals surface area contributed by atoms with Gasteiger partial charge in [0.05, 0.1) is 40.6 Å². The summed E-state index contributed by atoms with van der Waals surface area (Å²) in [7, 11) is -2.65. The molecule has 0 aromatic heterocycles. The van der Waals surface area contributed by atoms with E-state index in [9.17, 15) is 17.9 Å². The second-order valence-electron chi connectivity index (χ2n) is 11.0. The van der Waals surface area contributed by atoms with Crippen molar-refractivity contribution in [1.82, 2.24) is 0 Å². The molecule has 0 aromatic carbocycles. The summed E-state index contributed by atoms with van der Waals surface area (Å²) in [6.07, 6.45) is 21.5. The number of quaternary nitrogens is 1. The fourth-order valence-electron chi connectivity index (χ4n) is 3.66. The van der Waals surface area contributed by atoms with Gasteiger partial charge in [-0.05, 0) is 32.1 Å². The normalized spacial score (nSPS) is 15.2. The number of phosphoric acid groups is 1. The molecule has 228 valence electrons. The van der Waals surface area contributed by atoms with Gasteiger partial charge in [-0.25, -0.2) is 0 Å². The SMILES string of the molecule is CCCCCCCC/C=C\CCCCCCCCOCC(COP(=O)([O-])OCC[N+](C)(C)C)OS(C)(=O)=O. The van der Waals surface area contributed by atoms with E-state index < -0.39 is 30.7 Å². The molecule has 0 saturated carbocycles. The Morgan fingerprint density at radius 2 is 1.32 bits per heavy atom. The molecule has 0 aliphatic carbocycles. The molecule has 2 unspecified atom stereocenters. The molecule has 2 atom stereocenters. The van der Waals surface area contributed by atoms with E-state index in [4.69, 9.17) is 18.0 Å². The van der Waals surface area contributed by atoms with Crippen molar-refractivity contribution >= 4 is 17.9 Å². The minimum absolute atomic E-state index is 0.0334. The summed E-state index contributed by atoms with van der Waals surface area (Å²) < 4.78 is 55.7. The van der Waals surface area contributed by atoms with Crippen LogP contribution >= 0.6 is 7.82 Å². The molecule has 0 aliphatic rings. The van der Waals surface area contributed by atoms with E-state index >= 15 is 0 Å². The van der Waals surface area contributed by atoms with E-state index in [-0.39, 0.29) is 13.2 Å². The highest BCUT2D eigenvalue weighted by atomic mass is 32.2. The van der Waals surface area contributed by atoms with Gasteiger partial charge in [0.1, 0.15) is 19.3 Å². The lowest BCUT2D eigenvalue weighted by Crippen LogP contribution is -2.37. The molecule has 0 N–H and O–H groups in total. The van der Waals surface area contributed by atoms with Gasteiger partial charge in [0.15, 0.2) is 0 Å². The fraction of sp³-hybridized carbons (Fsp3) is 0.926. The maximum absolute atomic E-state index is 12.0. The number of rotatable bonds is 27. The highest BCUT2D eigenvalue weighted by molar-refractivity contribution is 7.86. The first-order valence-corrected chi connectivity index (χ1v) is 17.6. The Labute approximate surface area is 233 Å². The molecule has 0 heterocycles. The zero-order valence-electron chi connectivity index (χ0n) is 24.7. The summed E-state index contributed by atoms with van der Waals surface area (Å²) in [5.41, 5.74) is 0. The largest absolute Gasteiger partial charge is 0.756 e. The predicted octanol–water partition coefficient (Wildman–Crippen LogP) is 5.59. The number of hydrogen-bond donors (Lipinski definition) is 0. The standard InChI is InChI=1S/C27H56NO8PS/c1-6-7-8-9-10-11-12-13-14-15-16-17-18-19-20-21-23-33-25-27(36-38(5,31)32)26-35-37(29,30)34-24-22-28(2,3)4/h13-14,27H,6-12,15-26H2,1-5H3/b14-13-. The molecule has 0 saturated heterocycles. The van der Waals surface area contributed by atoms with Gasteiger partial charge in [0, 0.05) is 6.61 Å². The van der Waals surface area contributed by atoms with Gasteiger partial charge in [0.2, 0.25) is 0 Å². The molecule has 38 heavy (non-hydrogen) atoms. The Kier molecular flexibility index (Phi) is 22.2. The van der Waals surface area contributed by atoms with Crippen LogP contribution in [0.25, 0.3) is 0 Å². The maximum atomic E-state index is 12.0. The number of hydrogen-bond acceptors (Lipinski definition) is 8. The minimum Gasteiger partial charge on any atom is -0.756 e. The van der Waals surface area contributed by atoms with Gasteiger partial charge in [0.25, 0.3) is 17.9 Å². The van der Waals surface area contributed by atoms with Crippen molar-refractivity contribution in [3.63, 3.8) is 0 Å². The van der Waals surface area contributed by atoms with Crippen molar-refractivity contribution in [3.05, 3.63) is 12.2 Å². The highest BCUT2D eigenvalue weighted by Gasteiger charge is 2.21. The van der Waals surface area contributed by atoms with Crippen molar-refractivity contribution in [2.45, 2.75) is 103 Å². The Hall–Kier alpha value is -0.320. The zero-order valence-corrected chi connectivity index (χ0v) is 26.4. The minimum atomic E-state index is -4.57. The van der Waals surface area contributed by atoms with Crippen LogP contribution in [0.1, 0.15) is 96.8 Å². The fourth-order valence-corrected chi connectivity index (χ4v) is 4.99. The molecule has 0 spiro atoms. The Balaban J connectivity index is 3.90. The number of unbranched alkanes of at least 4 members (excludes halogenated alkanes) is 12. The van der Waals surface area contributed by atoms with E-state index in [1.165, 1.54) is 64.2 Å². The van der Waals surface area contributed by atoms with Gasteiger partial charge in [-0.15, -0.1) is 0 Å². The van der Waals surface area contributed by atoms with Crippen LogP contribution in [0.4, 0.5) is 0 Å². The quantitative estimate of drug-likeness (QED) is 0.0403. The molecular weight excluding hydrogens is 529 g/mol. The van der Waals surface area contributed by atoms with Crippen molar-refractivity contribution in [3.8, 4) is 0 Å². The maximum Gasteiger partial charge on any atom is 0.268 e. The van der Waals surface area contributed by atoms with Crippen LogP contribution in [-0.4, -0.2) is 79.4 Å². The molecule has 0 rings (SSSR count). The third-order valence-electron chi connectivity index (χ3n) is 5.85. The molecule has 11 heteroatoms. The van der Waals surface area contributed by atoms with Crippen molar-refractivity contribution < 1.29 is 40.3 Å². The summed E-state index contributed by atoms with van der Waals surface area (Å²) in [5.74, 6) is 0. The number of nitrogens with zero attached hydrogens (tertiary/aromatic N) is 1. The smallest absolute Gasteiger partial charge is 0.268 e. The van der Waals surface area contributed by atoms with Crippen LogP contribution in [0, 0.1) is 0 Å². The Bertz CT molecular complexity index is 740. The van der Waals surface area contributed by atoms with E-state index in [0.29, 0.717) is 17.6 Å². The van der Waals surface area contributed by atoms with Gasteiger partial charge in [-0.1, -0.05) is 76.9 Å². The first kappa shape index (κ1) is 37.7. The van der Waals surface area contributed by atoms with Gasteiger partial charge in [-0.2, -0.15) is 8.42 Å². The Morgan fingerprint density at radius 1 is 0.789 bits per heavy atom. The van der Waals surface area contributed by atoms with E-state index in [1.54, 1.807) is 0 Å². The molecule has 0 aromatic rings. The van der Waals surface area contributed by atoms with Crippen molar-refractivity contribution in [1.29, 1.82) is 0 Å². The first-order valence-electron chi connectivity index (χ1n) is 14.4. The predicted molar refractivity (Wildman–Crippen MR) is 152 cm³/mol. The molecular formula is C27H56NO8PS. The number of phosphoric ester groups is 1. The van der Waals surface area contributed by atoms with E-state index in [1.807, 2.05) is 21.1 Å². The van der Waals surface area contributed by atoms with Crippen LogP contribution in [0.15, 0.2) is 12.2 Å². The second kappa shape index (κ2) is 22.4. The first-order chi connectivity index (χ1) is 17.8. The molecule has 0 amide bonds. The van der Waals surface area contributed by atoms with Crippen molar-refractivity contribution in [2.24, 2.45) is 0 Å². The summed E-state index contributed by atoms with van der Waals surface area (Å²) in [4.78, 5) is 12.0. The van der Waals surface area contributed by atoms with Gasteiger partial charge in [-0.3, -0.25) is 8.75 Å². The average molecular weight is 586 g/mol. The number of ether oxygens (including phenoxy) is 1. The second-order valence-corrected chi connectivity index (χ2v) is 14.0.